The molecule has 2 heterocycles. The van der Waals surface area contributed by atoms with E-state index in [0.717, 1.165) is 50.3 Å². The van der Waals surface area contributed by atoms with E-state index in [1.165, 1.54) is 11.1 Å². The van der Waals surface area contributed by atoms with Crippen LogP contribution < -0.4 is 4.74 Å². The summed E-state index contributed by atoms with van der Waals surface area (Å²) in [4.78, 5) is 17.3. The third-order valence-corrected chi connectivity index (χ3v) is 5.38. The van der Waals surface area contributed by atoms with Crippen LogP contribution in [0.15, 0.2) is 42.5 Å². The van der Waals surface area contributed by atoms with Crippen molar-refractivity contribution in [3.8, 4) is 5.75 Å². The van der Waals surface area contributed by atoms with Crippen LogP contribution in [0.4, 0.5) is 0 Å². The second-order valence-corrected chi connectivity index (χ2v) is 7.29. The zero-order valence-corrected chi connectivity index (χ0v) is 15.4. The van der Waals surface area contributed by atoms with Gasteiger partial charge in [0.15, 0.2) is 0 Å². The molecule has 4 rings (SSSR count). The van der Waals surface area contributed by atoms with Crippen molar-refractivity contribution < 1.29 is 9.53 Å². The van der Waals surface area contributed by atoms with Crippen LogP contribution in [0.5, 0.6) is 5.75 Å². The third-order valence-electron chi connectivity index (χ3n) is 5.38. The lowest BCUT2D eigenvalue weighted by Crippen LogP contribution is -2.36. The molecular formula is C22H26N2O2. The zero-order valence-electron chi connectivity index (χ0n) is 15.4. The normalized spacial score (nSPS) is 17.3. The number of ether oxygens (including phenoxy) is 1. The molecule has 0 aliphatic carbocycles. The maximum absolute atomic E-state index is 12.9. The molecule has 0 unspecified atom stereocenters. The number of hydrogen-bond acceptors (Lipinski definition) is 3. The Hall–Kier alpha value is -2.33. The van der Waals surface area contributed by atoms with Crippen LogP contribution in [-0.4, -0.2) is 48.5 Å². The highest BCUT2D eigenvalue weighted by Crippen LogP contribution is 2.24. The van der Waals surface area contributed by atoms with Crippen molar-refractivity contribution in [1.82, 2.24) is 9.80 Å². The minimum absolute atomic E-state index is 0.102. The second kappa shape index (κ2) is 7.50. The molecular weight excluding hydrogens is 324 g/mol. The second-order valence-electron chi connectivity index (χ2n) is 7.29. The Balaban J connectivity index is 1.34. The molecule has 0 bridgehead atoms. The van der Waals surface area contributed by atoms with Gasteiger partial charge in [-0.1, -0.05) is 35.9 Å². The van der Waals surface area contributed by atoms with Crippen LogP contribution >= 0.6 is 0 Å². The molecule has 136 valence electrons. The van der Waals surface area contributed by atoms with Gasteiger partial charge in [0.25, 0.3) is 5.91 Å². The van der Waals surface area contributed by atoms with Gasteiger partial charge in [-0.15, -0.1) is 0 Å². The van der Waals surface area contributed by atoms with Gasteiger partial charge in [0.2, 0.25) is 0 Å². The first-order valence-corrected chi connectivity index (χ1v) is 9.52. The van der Waals surface area contributed by atoms with E-state index in [-0.39, 0.29) is 5.91 Å². The van der Waals surface area contributed by atoms with Crippen molar-refractivity contribution in [2.24, 2.45) is 0 Å². The molecule has 2 aliphatic heterocycles. The van der Waals surface area contributed by atoms with Gasteiger partial charge in [0.05, 0.1) is 12.1 Å². The van der Waals surface area contributed by atoms with Crippen LogP contribution in [0.1, 0.15) is 33.5 Å². The molecule has 0 atom stereocenters. The minimum Gasteiger partial charge on any atom is -0.491 e. The van der Waals surface area contributed by atoms with Crippen LogP contribution in [-0.2, 0) is 13.0 Å². The van der Waals surface area contributed by atoms with Gasteiger partial charge in [0.1, 0.15) is 12.4 Å². The van der Waals surface area contributed by atoms with E-state index in [1.54, 1.807) is 0 Å². The first-order valence-electron chi connectivity index (χ1n) is 9.52. The van der Waals surface area contributed by atoms with E-state index in [2.05, 4.69) is 29.2 Å². The summed E-state index contributed by atoms with van der Waals surface area (Å²) in [6.07, 6.45) is 2.12. The van der Waals surface area contributed by atoms with Crippen LogP contribution in [0.3, 0.4) is 0 Å². The van der Waals surface area contributed by atoms with Crippen molar-refractivity contribution in [3.05, 3.63) is 64.7 Å². The van der Waals surface area contributed by atoms with Gasteiger partial charge in [-0.05, 0) is 43.0 Å². The third kappa shape index (κ3) is 3.61. The van der Waals surface area contributed by atoms with Crippen molar-refractivity contribution in [2.45, 2.75) is 26.3 Å². The molecule has 2 aromatic carbocycles. The van der Waals surface area contributed by atoms with Gasteiger partial charge in [-0.2, -0.15) is 0 Å². The quantitative estimate of drug-likeness (QED) is 0.848. The van der Waals surface area contributed by atoms with Crippen molar-refractivity contribution in [3.63, 3.8) is 0 Å². The summed E-state index contributed by atoms with van der Waals surface area (Å²) >= 11 is 0. The fourth-order valence-corrected chi connectivity index (χ4v) is 3.92. The predicted octanol–water partition coefficient (Wildman–Crippen LogP) is 3.28. The summed E-state index contributed by atoms with van der Waals surface area (Å²) < 4.78 is 5.77. The van der Waals surface area contributed by atoms with Gasteiger partial charge in [-0.3, -0.25) is 9.69 Å². The average molecular weight is 350 g/mol. The van der Waals surface area contributed by atoms with E-state index in [9.17, 15) is 4.79 Å². The number of fused-ring (bicyclic) bond motifs is 2. The molecule has 0 aromatic heterocycles. The van der Waals surface area contributed by atoms with Gasteiger partial charge < -0.3 is 9.64 Å². The number of benzene rings is 2. The smallest absolute Gasteiger partial charge is 0.257 e. The summed E-state index contributed by atoms with van der Waals surface area (Å²) in [5.41, 5.74) is 4.72. The summed E-state index contributed by atoms with van der Waals surface area (Å²) in [5.74, 6) is 0.820. The van der Waals surface area contributed by atoms with E-state index in [4.69, 9.17) is 4.74 Å². The maximum Gasteiger partial charge on any atom is 0.257 e. The molecule has 0 fully saturated rings. The number of carbonyl (C=O) groups is 1. The van der Waals surface area contributed by atoms with E-state index < -0.39 is 0 Å². The number of amides is 1. The molecule has 0 radical (unpaired) electrons. The highest BCUT2D eigenvalue weighted by Gasteiger charge is 2.23. The van der Waals surface area contributed by atoms with E-state index in [1.807, 2.05) is 30.0 Å². The zero-order chi connectivity index (χ0) is 17.9. The van der Waals surface area contributed by atoms with Crippen molar-refractivity contribution in [2.75, 3.05) is 32.8 Å². The van der Waals surface area contributed by atoms with Gasteiger partial charge in [-0.25, -0.2) is 0 Å². The standard InChI is InChI=1S/C22H26N2O2/c1-17-7-8-21-20(15-17)22(25)24(13-14-26-21)11-4-10-23-12-9-18-5-2-3-6-19(18)16-23/h2-3,5-8,15H,4,9-14,16H2,1H3. The molecule has 0 N–H and O–H groups in total. The highest BCUT2D eigenvalue weighted by atomic mass is 16.5. The van der Waals surface area contributed by atoms with Gasteiger partial charge >= 0.3 is 0 Å². The Morgan fingerprint density at radius 1 is 1.04 bits per heavy atom. The van der Waals surface area contributed by atoms with Crippen LogP contribution in [0.25, 0.3) is 0 Å². The Morgan fingerprint density at radius 2 is 1.88 bits per heavy atom. The predicted molar refractivity (Wildman–Crippen MR) is 103 cm³/mol. The Labute approximate surface area is 155 Å². The lowest BCUT2D eigenvalue weighted by atomic mass is 10.00. The van der Waals surface area contributed by atoms with Crippen LogP contribution in [0, 0.1) is 6.92 Å². The topological polar surface area (TPSA) is 32.8 Å². The number of aryl methyl sites for hydroxylation is 1. The summed E-state index contributed by atoms with van der Waals surface area (Å²) in [5, 5.41) is 0. The summed E-state index contributed by atoms with van der Waals surface area (Å²) in [7, 11) is 0. The number of nitrogens with zero attached hydrogens (tertiary/aromatic N) is 2. The minimum atomic E-state index is 0.102. The first-order chi connectivity index (χ1) is 12.7. The monoisotopic (exact) mass is 350 g/mol. The first kappa shape index (κ1) is 17.1. The number of rotatable bonds is 4. The fraction of sp³-hybridized carbons (Fsp3) is 0.409. The Bertz CT molecular complexity index is 802. The number of carbonyl (C=O) groups excluding carboxylic acids is 1. The van der Waals surface area contributed by atoms with E-state index >= 15 is 0 Å². The van der Waals surface area contributed by atoms with Gasteiger partial charge in [0, 0.05) is 26.2 Å². The SMILES string of the molecule is Cc1ccc2c(c1)C(=O)N(CCCN1CCc3ccccc3C1)CCO2. The lowest BCUT2D eigenvalue weighted by Gasteiger charge is -2.29. The molecule has 2 aromatic rings. The number of hydrogen-bond donors (Lipinski definition) is 0. The molecule has 0 saturated heterocycles. The highest BCUT2D eigenvalue weighted by molar-refractivity contribution is 5.97. The average Bonchev–Trinajstić information content (AvgIpc) is 2.81. The maximum atomic E-state index is 12.9. The summed E-state index contributed by atoms with van der Waals surface area (Å²) in [6.45, 7) is 7.18. The largest absolute Gasteiger partial charge is 0.491 e. The summed E-state index contributed by atoms with van der Waals surface area (Å²) in [6, 6.07) is 14.6. The van der Waals surface area contributed by atoms with E-state index in [0.29, 0.717) is 18.7 Å². The molecule has 0 saturated carbocycles. The Kier molecular flexibility index (Phi) is 4.93. The molecule has 0 spiro atoms. The molecule has 4 heteroatoms. The van der Waals surface area contributed by atoms with Crippen molar-refractivity contribution >= 4 is 5.91 Å². The molecule has 2 aliphatic rings. The van der Waals surface area contributed by atoms with Crippen molar-refractivity contribution in [1.29, 1.82) is 0 Å². The molecule has 1 amide bonds. The Morgan fingerprint density at radius 3 is 2.77 bits per heavy atom. The fourth-order valence-electron chi connectivity index (χ4n) is 3.92. The molecule has 26 heavy (non-hydrogen) atoms. The molecule has 4 nitrogen and oxygen atoms in total. The lowest BCUT2D eigenvalue weighted by molar-refractivity contribution is 0.0746. The van der Waals surface area contributed by atoms with Crippen LogP contribution in [0.2, 0.25) is 0 Å².